The molecule has 0 spiro atoms. The first-order valence-corrected chi connectivity index (χ1v) is 6.05. The lowest BCUT2D eigenvalue weighted by molar-refractivity contribution is 0.0999. The maximum absolute atomic E-state index is 13.8. The first kappa shape index (κ1) is 13.9. The molecule has 0 aromatic heterocycles. The molecule has 0 atom stereocenters. The average molecular weight is 274 g/mol. The molecule has 0 aliphatic heterocycles. The van der Waals surface area contributed by atoms with Gasteiger partial charge in [0.15, 0.2) is 0 Å². The number of primary amides is 1. The highest BCUT2D eigenvalue weighted by atomic mass is 19.1. The Balaban J connectivity index is 2.15. The first-order chi connectivity index (χ1) is 9.49. The van der Waals surface area contributed by atoms with Crippen molar-refractivity contribution in [2.45, 2.75) is 13.5 Å². The van der Waals surface area contributed by atoms with Crippen LogP contribution in [-0.4, -0.2) is 5.91 Å². The lowest BCUT2D eigenvalue weighted by Crippen LogP contribution is -2.12. The van der Waals surface area contributed by atoms with Gasteiger partial charge in [-0.1, -0.05) is 18.2 Å². The predicted molar refractivity (Wildman–Crippen MR) is 74.8 cm³/mol. The molecule has 2 aromatic rings. The third-order valence-electron chi connectivity index (χ3n) is 3.00. The number of para-hydroxylation sites is 1. The normalized spacial score (nSPS) is 10.3. The molecule has 0 bridgehead atoms. The van der Waals surface area contributed by atoms with E-state index in [1.807, 2.05) is 19.1 Å². The molecule has 0 aliphatic rings. The molecular weight excluding hydrogens is 259 g/mol. The molecule has 4 nitrogen and oxygen atoms in total. The second kappa shape index (κ2) is 5.61. The zero-order valence-corrected chi connectivity index (χ0v) is 11.0. The molecule has 4 N–H and O–H groups in total. The van der Waals surface area contributed by atoms with E-state index in [0.29, 0.717) is 17.0 Å². The van der Waals surface area contributed by atoms with Crippen LogP contribution in [-0.2, 0) is 6.61 Å². The highest BCUT2D eigenvalue weighted by Crippen LogP contribution is 2.25. The second-order valence-electron chi connectivity index (χ2n) is 4.45. The molecule has 2 aromatic carbocycles. The van der Waals surface area contributed by atoms with Gasteiger partial charge in [0, 0.05) is 11.1 Å². The van der Waals surface area contributed by atoms with E-state index in [1.54, 1.807) is 6.07 Å². The minimum atomic E-state index is -0.667. The summed E-state index contributed by atoms with van der Waals surface area (Å²) in [6.07, 6.45) is 0. The molecule has 0 unspecified atom stereocenters. The van der Waals surface area contributed by atoms with E-state index >= 15 is 0 Å². The van der Waals surface area contributed by atoms with Crippen molar-refractivity contribution in [2.24, 2.45) is 5.73 Å². The van der Waals surface area contributed by atoms with Gasteiger partial charge >= 0.3 is 0 Å². The largest absolute Gasteiger partial charge is 0.487 e. The number of halogens is 1. The molecule has 104 valence electrons. The van der Waals surface area contributed by atoms with E-state index in [2.05, 4.69) is 0 Å². The standard InChI is InChI=1S/C15H15FN2O2/c1-9-3-2-4-13(14(9)17)20-8-11-6-5-10(15(18)19)7-12(11)16/h2-7H,8,17H2,1H3,(H2,18,19). The van der Waals surface area contributed by atoms with Gasteiger partial charge in [-0.05, 0) is 30.7 Å². The molecule has 5 heteroatoms. The Kier molecular flexibility index (Phi) is 3.89. The van der Waals surface area contributed by atoms with Gasteiger partial charge in [0.2, 0.25) is 5.91 Å². The fraction of sp³-hybridized carbons (Fsp3) is 0.133. The zero-order valence-electron chi connectivity index (χ0n) is 11.0. The number of hydrogen-bond acceptors (Lipinski definition) is 3. The molecular formula is C15H15FN2O2. The molecule has 20 heavy (non-hydrogen) atoms. The van der Waals surface area contributed by atoms with Gasteiger partial charge < -0.3 is 16.2 Å². The van der Waals surface area contributed by atoms with Crippen LogP contribution in [0.3, 0.4) is 0 Å². The van der Waals surface area contributed by atoms with E-state index in [-0.39, 0.29) is 12.2 Å². The van der Waals surface area contributed by atoms with Gasteiger partial charge in [-0.2, -0.15) is 0 Å². The number of anilines is 1. The number of carbonyl (C=O) groups excluding carboxylic acids is 1. The lowest BCUT2D eigenvalue weighted by Gasteiger charge is -2.11. The number of hydrogen-bond donors (Lipinski definition) is 2. The van der Waals surface area contributed by atoms with Crippen molar-refractivity contribution >= 4 is 11.6 Å². The molecule has 0 saturated carbocycles. The smallest absolute Gasteiger partial charge is 0.248 e. The van der Waals surface area contributed by atoms with Gasteiger partial charge in [0.05, 0.1) is 5.69 Å². The summed E-state index contributed by atoms with van der Waals surface area (Å²) in [6.45, 7) is 1.89. The molecule has 0 radical (unpaired) electrons. The van der Waals surface area contributed by atoms with Crippen LogP contribution in [0.15, 0.2) is 36.4 Å². The number of aryl methyl sites for hydroxylation is 1. The molecule has 0 heterocycles. The SMILES string of the molecule is Cc1cccc(OCc2ccc(C(N)=O)cc2F)c1N. The molecule has 0 aliphatic carbocycles. The van der Waals surface area contributed by atoms with E-state index in [1.165, 1.54) is 12.1 Å². The number of rotatable bonds is 4. The molecule has 0 saturated heterocycles. The van der Waals surface area contributed by atoms with Crippen molar-refractivity contribution in [3.05, 3.63) is 58.9 Å². The van der Waals surface area contributed by atoms with Crippen molar-refractivity contribution in [1.82, 2.24) is 0 Å². The Bertz CT molecular complexity index is 656. The van der Waals surface area contributed by atoms with E-state index in [4.69, 9.17) is 16.2 Å². The lowest BCUT2D eigenvalue weighted by atomic mass is 10.1. The van der Waals surface area contributed by atoms with Crippen LogP contribution in [0.5, 0.6) is 5.75 Å². The number of amides is 1. The highest BCUT2D eigenvalue weighted by Gasteiger charge is 2.09. The van der Waals surface area contributed by atoms with E-state index < -0.39 is 11.7 Å². The van der Waals surface area contributed by atoms with Crippen LogP contribution in [0.2, 0.25) is 0 Å². The topological polar surface area (TPSA) is 78.3 Å². The fourth-order valence-electron chi connectivity index (χ4n) is 1.75. The maximum Gasteiger partial charge on any atom is 0.248 e. The van der Waals surface area contributed by atoms with E-state index in [9.17, 15) is 9.18 Å². The summed E-state index contributed by atoms with van der Waals surface area (Å²) < 4.78 is 19.3. The summed E-state index contributed by atoms with van der Waals surface area (Å²) in [5, 5.41) is 0. The number of benzene rings is 2. The summed E-state index contributed by atoms with van der Waals surface area (Å²) in [6, 6.07) is 9.43. The molecule has 2 rings (SSSR count). The minimum absolute atomic E-state index is 0.0263. The van der Waals surface area contributed by atoms with Gasteiger partial charge in [-0.25, -0.2) is 4.39 Å². The Morgan fingerprint density at radius 3 is 2.70 bits per heavy atom. The van der Waals surface area contributed by atoms with Gasteiger partial charge in [-0.15, -0.1) is 0 Å². The monoisotopic (exact) mass is 274 g/mol. The van der Waals surface area contributed by atoms with Crippen molar-refractivity contribution < 1.29 is 13.9 Å². The molecule has 0 fully saturated rings. The van der Waals surface area contributed by atoms with Crippen molar-refractivity contribution in [3.8, 4) is 5.75 Å². The first-order valence-electron chi connectivity index (χ1n) is 6.05. The van der Waals surface area contributed by atoms with Gasteiger partial charge in [-0.3, -0.25) is 4.79 Å². The van der Waals surface area contributed by atoms with Crippen LogP contribution < -0.4 is 16.2 Å². The summed E-state index contributed by atoms with van der Waals surface area (Å²) in [7, 11) is 0. The predicted octanol–water partition coefficient (Wildman–Crippen LogP) is 2.39. The van der Waals surface area contributed by atoms with Crippen LogP contribution in [0.1, 0.15) is 21.5 Å². The van der Waals surface area contributed by atoms with Gasteiger partial charge in [0.25, 0.3) is 0 Å². The summed E-state index contributed by atoms with van der Waals surface area (Å²) in [5.41, 5.74) is 12.8. The maximum atomic E-state index is 13.8. The fourth-order valence-corrected chi connectivity index (χ4v) is 1.75. The van der Waals surface area contributed by atoms with Gasteiger partial charge in [0.1, 0.15) is 18.2 Å². The number of nitrogen functional groups attached to an aromatic ring is 1. The van der Waals surface area contributed by atoms with Crippen molar-refractivity contribution in [2.75, 3.05) is 5.73 Å². The average Bonchev–Trinajstić information content (AvgIpc) is 2.41. The van der Waals surface area contributed by atoms with Crippen molar-refractivity contribution in [1.29, 1.82) is 0 Å². The van der Waals surface area contributed by atoms with Crippen LogP contribution in [0.4, 0.5) is 10.1 Å². The van der Waals surface area contributed by atoms with E-state index in [0.717, 1.165) is 11.6 Å². The highest BCUT2D eigenvalue weighted by molar-refractivity contribution is 5.92. The Labute approximate surface area is 116 Å². The van der Waals surface area contributed by atoms with Crippen LogP contribution >= 0.6 is 0 Å². The number of carbonyl (C=O) groups is 1. The number of nitrogens with two attached hydrogens (primary N) is 2. The quantitative estimate of drug-likeness (QED) is 0.840. The third kappa shape index (κ3) is 2.88. The summed E-state index contributed by atoms with van der Waals surface area (Å²) in [5.74, 6) is -0.699. The number of ether oxygens (including phenoxy) is 1. The second-order valence-corrected chi connectivity index (χ2v) is 4.45. The third-order valence-corrected chi connectivity index (χ3v) is 3.00. The minimum Gasteiger partial charge on any atom is -0.487 e. The van der Waals surface area contributed by atoms with Crippen molar-refractivity contribution in [3.63, 3.8) is 0 Å². The Hall–Kier alpha value is -2.56. The Morgan fingerprint density at radius 1 is 1.30 bits per heavy atom. The van der Waals surface area contributed by atoms with Crippen LogP contribution in [0, 0.1) is 12.7 Å². The summed E-state index contributed by atoms with van der Waals surface area (Å²) in [4.78, 5) is 10.9. The zero-order chi connectivity index (χ0) is 14.7. The summed E-state index contributed by atoms with van der Waals surface area (Å²) >= 11 is 0. The van der Waals surface area contributed by atoms with Crippen LogP contribution in [0.25, 0.3) is 0 Å². The molecule has 1 amide bonds. The Morgan fingerprint density at radius 2 is 2.05 bits per heavy atom.